The molecule has 0 aliphatic heterocycles. The fraction of sp³-hybridized carbons (Fsp3) is 0.400. The van der Waals surface area contributed by atoms with Crippen LogP contribution in [-0.4, -0.2) is 26.5 Å². The Hall–Kier alpha value is -2.21. The number of aryl methyl sites for hydroxylation is 1. The third-order valence-corrected chi connectivity index (χ3v) is 3.37. The predicted octanol–water partition coefficient (Wildman–Crippen LogP) is 1.18. The molecule has 0 saturated heterocycles. The Morgan fingerprint density at radius 1 is 1.38 bits per heavy atom. The van der Waals surface area contributed by atoms with Crippen molar-refractivity contribution in [1.29, 1.82) is 0 Å². The van der Waals surface area contributed by atoms with Crippen molar-refractivity contribution in [3.05, 3.63) is 42.1 Å². The Labute approximate surface area is 124 Å². The average molecular weight is 287 g/mol. The van der Waals surface area contributed by atoms with E-state index in [2.05, 4.69) is 15.3 Å². The lowest BCUT2D eigenvalue weighted by Gasteiger charge is -2.15. The minimum Gasteiger partial charge on any atom is -0.351 e. The molecular formula is C15H21N5O. The molecule has 2 heterocycles. The zero-order valence-corrected chi connectivity index (χ0v) is 12.6. The molecule has 0 aliphatic carbocycles. The van der Waals surface area contributed by atoms with Crippen LogP contribution in [-0.2, 0) is 11.3 Å². The molecule has 6 nitrogen and oxygen atoms in total. The highest BCUT2D eigenvalue weighted by Gasteiger charge is 2.16. The number of nitrogens with zero attached hydrogens (tertiary/aromatic N) is 3. The first-order valence-electron chi connectivity index (χ1n) is 6.97. The van der Waals surface area contributed by atoms with E-state index in [0.29, 0.717) is 6.54 Å². The van der Waals surface area contributed by atoms with Crippen molar-refractivity contribution in [3.63, 3.8) is 0 Å². The maximum atomic E-state index is 11.8. The second kappa shape index (κ2) is 6.49. The number of imidazole rings is 1. The summed E-state index contributed by atoms with van der Waals surface area (Å²) in [5.74, 6) is 1.67. The zero-order valence-electron chi connectivity index (χ0n) is 12.6. The molecule has 2 aromatic rings. The number of carbonyl (C=O) groups excluding carboxylic acids is 1. The normalized spacial score (nSPS) is 12.4. The molecule has 6 heteroatoms. The number of pyridine rings is 1. The van der Waals surface area contributed by atoms with E-state index in [4.69, 9.17) is 5.73 Å². The highest BCUT2D eigenvalue weighted by molar-refractivity contribution is 5.81. The summed E-state index contributed by atoms with van der Waals surface area (Å²) in [6.07, 6.45) is 5.34. The van der Waals surface area contributed by atoms with Crippen LogP contribution in [0, 0.1) is 12.8 Å². The van der Waals surface area contributed by atoms with Crippen molar-refractivity contribution in [3.8, 4) is 5.82 Å². The van der Waals surface area contributed by atoms with Crippen LogP contribution < -0.4 is 11.1 Å². The second-order valence-electron chi connectivity index (χ2n) is 5.36. The topological polar surface area (TPSA) is 85.8 Å². The molecule has 2 aromatic heterocycles. The lowest BCUT2D eigenvalue weighted by atomic mass is 10.1. The molecule has 0 radical (unpaired) electrons. The van der Waals surface area contributed by atoms with Gasteiger partial charge in [0.25, 0.3) is 0 Å². The summed E-state index contributed by atoms with van der Waals surface area (Å²) < 4.78 is 1.90. The van der Waals surface area contributed by atoms with Gasteiger partial charge in [0.1, 0.15) is 11.6 Å². The minimum atomic E-state index is -0.481. The van der Waals surface area contributed by atoms with Gasteiger partial charge in [-0.1, -0.05) is 19.9 Å². The number of aromatic nitrogens is 3. The average Bonchev–Trinajstić information content (AvgIpc) is 2.90. The number of nitrogens with two attached hydrogens (primary N) is 1. The summed E-state index contributed by atoms with van der Waals surface area (Å²) in [4.78, 5) is 20.3. The molecule has 0 bridgehead atoms. The van der Waals surface area contributed by atoms with E-state index in [1.54, 1.807) is 12.4 Å². The van der Waals surface area contributed by atoms with Gasteiger partial charge < -0.3 is 11.1 Å². The molecule has 2 rings (SSSR count). The van der Waals surface area contributed by atoms with Crippen molar-refractivity contribution < 1.29 is 4.79 Å². The van der Waals surface area contributed by atoms with E-state index in [0.717, 1.165) is 17.2 Å². The van der Waals surface area contributed by atoms with Gasteiger partial charge in [0.05, 0.1) is 6.04 Å². The maximum Gasteiger partial charge on any atom is 0.237 e. The fourth-order valence-corrected chi connectivity index (χ4v) is 1.89. The molecule has 1 atom stereocenters. The van der Waals surface area contributed by atoms with Gasteiger partial charge in [-0.15, -0.1) is 0 Å². The minimum absolute atomic E-state index is 0.120. The van der Waals surface area contributed by atoms with Gasteiger partial charge in [-0.05, 0) is 24.5 Å². The van der Waals surface area contributed by atoms with Crippen molar-refractivity contribution >= 4 is 5.91 Å². The second-order valence-corrected chi connectivity index (χ2v) is 5.36. The largest absolute Gasteiger partial charge is 0.351 e. The van der Waals surface area contributed by atoms with Gasteiger partial charge in [0, 0.05) is 25.1 Å². The van der Waals surface area contributed by atoms with E-state index in [9.17, 15) is 4.79 Å². The molecule has 0 aliphatic rings. The summed E-state index contributed by atoms with van der Waals surface area (Å²) >= 11 is 0. The standard InChI is InChI=1S/C15H21N5O/c1-10(2)14(16)15(21)19-9-12-4-5-13(18-8-12)20-7-6-17-11(20)3/h4-8,10,14H,9,16H2,1-3H3,(H,19,21)/t14-/m0/s1. The molecule has 0 saturated carbocycles. The molecule has 0 aromatic carbocycles. The highest BCUT2D eigenvalue weighted by atomic mass is 16.2. The lowest BCUT2D eigenvalue weighted by Crippen LogP contribution is -2.43. The van der Waals surface area contributed by atoms with Gasteiger partial charge in [0.15, 0.2) is 0 Å². The van der Waals surface area contributed by atoms with Gasteiger partial charge in [-0.2, -0.15) is 0 Å². The molecule has 3 N–H and O–H groups in total. The smallest absolute Gasteiger partial charge is 0.237 e. The van der Waals surface area contributed by atoms with Crippen LogP contribution in [0.5, 0.6) is 0 Å². The first-order valence-corrected chi connectivity index (χ1v) is 6.97. The Kier molecular flexibility index (Phi) is 4.70. The zero-order chi connectivity index (χ0) is 15.4. The van der Waals surface area contributed by atoms with E-state index in [-0.39, 0.29) is 11.8 Å². The predicted molar refractivity (Wildman–Crippen MR) is 80.8 cm³/mol. The van der Waals surface area contributed by atoms with E-state index < -0.39 is 6.04 Å². The van der Waals surface area contributed by atoms with Gasteiger partial charge in [-0.3, -0.25) is 9.36 Å². The number of carbonyl (C=O) groups is 1. The van der Waals surface area contributed by atoms with Crippen LogP contribution in [0.3, 0.4) is 0 Å². The molecule has 0 unspecified atom stereocenters. The highest BCUT2D eigenvalue weighted by Crippen LogP contribution is 2.08. The molecule has 1 amide bonds. The van der Waals surface area contributed by atoms with Crippen LogP contribution in [0.15, 0.2) is 30.7 Å². The number of nitrogens with one attached hydrogen (secondary N) is 1. The lowest BCUT2D eigenvalue weighted by molar-refractivity contribution is -0.123. The van der Waals surface area contributed by atoms with Gasteiger partial charge in [-0.25, -0.2) is 9.97 Å². The van der Waals surface area contributed by atoms with Crippen LogP contribution in [0.1, 0.15) is 25.2 Å². The van der Waals surface area contributed by atoms with E-state index in [1.165, 1.54) is 0 Å². The number of hydrogen-bond acceptors (Lipinski definition) is 4. The SMILES string of the molecule is Cc1nccn1-c1ccc(CNC(=O)[C@@H](N)C(C)C)cn1. The van der Waals surface area contributed by atoms with Crippen LogP contribution in [0.4, 0.5) is 0 Å². The molecule has 112 valence electrons. The van der Waals surface area contributed by atoms with Gasteiger partial charge >= 0.3 is 0 Å². The summed E-state index contributed by atoms with van der Waals surface area (Å²) in [7, 11) is 0. The van der Waals surface area contributed by atoms with Crippen LogP contribution in [0.2, 0.25) is 0 Å². The Morgan fingerprint density at radius 2 is 2.14 bits per heavy atom. The summed E-state index contributed by atoms with van der Waals surface area (Å²) in [6, 6.07) is 3.35. The Balaban J connectivity index is 1.97. The molecule has 0 spiro atoms. The molecule has 21 heavy (non-hydrogen) atoms. The van der Waals surface area contributed by atoms with Crippen molar-refractivity contribution in [1.82, 2.24) is 19.9 Å². The van der Waals surface area contributed by atoms with Crippen LogP contribution >= 0.6 is 0 Å². The Morgan fingerprint density at radius 3 is 2.67 bits per heavy atom. The van der Waals surface area contributed by atoms with E-state index in [1.807, 2.05) is 43.7 Å². The van der Waals surface area contributed by atoms with E-state index >= 15 is 0 Å². The Bertz CT molecular complexity index is 603. The third-order valence-electron chi connectivity index (χ3n) is 3.37. The first-order chi connectivity index (χ1) is 9.99. The quantitative estimate of drug-likeness (QED) is 0.864. The monoisotopic (exact) mass is 287 g/mol. The van der Waals surface area contributed by atoms with Crippen LogP contribution in [0.25, 0.3) is 5.82 Å². The van der Waals surface area contributed by atoms with Crippen molar-refractivity contribution in [2.45, 2.75) is 33.4 Å². The third kappa shape index (κ3) is 3.66. The van der Waals surface area contributed by atoms with Crippen molar-refractivity contribution in [2.24, 2.45) is 11.7 Å². The number of amides is 1. The fourth-order valence-electron chi connectivity index (χ4n) is 1.89. The van der Waals surface area contributed by atoms with Crippen molar-refractivity contribution in [2.75, 3.05) is 0 Å². The first kappa shape index (κ1) is 15.2. The maximum absolute atomic E-state index is 11.8. The van der Waals surface area contributed by atoms with Gasteiger partial charge in [0.2, 0.25) is 5.91 Å². The summed E-state index contributed by atoms with van der Waals surface area (Å²) in [6.45, 7) is 6.20. The molecular weight excluding hydrogens is 266 g/mol. The molecule has 0 fully saturated rings. The summed E-state index contributed by atoms with van der Waals surface area (Å²) in [5, 5.41) is 2.82. The number of hydrogen-bond donors (Lipinski definition) is 2. The summed E-state index contributed by atoms with van der Waals surface area (Å²) in [5.41, 5.74) is 6.72. The number of rotatable bonds is 5.